The van der Waals surface area contributed by atoms with Gasteiger partial charge in [0.1, 0.15) is 10.8 Å². The first-order valence-corrected chi connectivity index (χ1v) is 12.5. The number of amides is 2. The molecule has 2 amide bonds. The maximum absolute atomic E-state index is 12.9. The Morgan fingerprint density at radius 1 is 1.08 bits per heavy atom. The molecule has 0 aliphatic carbocycles. The van der Waals surface area contributed by atoms with Crippen LogP contribution in [0.5, 0.6) is 5.75 Å². The van der Waals surface area contributed by atoms with E-state index in [-0.39, 0.29) is 22.8 Å². The van der Waals surface area contributed by atoms with Crippen LogP contribution in [0.4, 0.5) is 23.1 Å². The van der Waals surface area contributed by atoms with E-state index < -0.39 is 0 Å². The fourth-order valence-electron chi connectivity index (χ4n) is 3.79. The lowest BCUT2D eigenvalue weighted by Gasteiger charge is -2.27. The number of hydrogen-bond acceptors (Lipinski definition) is 8. The Labute approximate surface area is 220 Å². The first kappa shape index (κ1) is 26.2. The van der Waals surface area contributed by atoms with Gasteiger partial charge < -0.3 is 30.3 Å². The van der Waals surface area contributed by atoms with Gasteiger partial charge in [0.2, 0.25) is 5.95 Å². The Kier molecular flexibility index (Phi) is 8.76. The Hall–Kier alpha value is -3.89. The quantitative estimate of drug-likeness (QED) is 0.380. The number of nitrogens with zero attached hydrogens (tertiary/aromatic N) is 3. The molecule has 194 valence electrons. The molecule has 1 aliphatic heterocycles. The van der Waals surface area contributed by atoms with Crippen LogP contribution in [0.3, 0.4) is 0 Å². The van der Waals surface area contributed by atoms with Gasteiger partial charge in [0.15, 0.2) is 5.82 Å². The van der Waals surface area contributed by atoms with Gasteiger partial charge in [0.25, 0.3) is 11.8 Å². The molecule has 0 saturated carbocycles. The van der Waals surface area contributed by atoms with Gasteiger partial charge in [0, 0.05) is 25.2 Å². The molecule has 1 aromatic heterocycles. The highest BCUT2D eigenvalue weighted by molar-refractivity contribution is 6.33. The highest BCUT2D eigenvalue weighted by Gasteiger charge is 2.20. The predicted octanol–water partition coefficient (Wildman–Crippen LogP) is 4.24. The van der Waals surface area contributed by atoms with Gasteiger partial charge in [-0.1, -0.05) is 23.7 Å². The molecule has 0 atom stereocenters. The number of ether oxygens (including phenoxy) is 2. The molecular weight excluding hydrogens is 496 g/mol. The molecule has 10 nitrogen and oxygen atoms in total. The number of para-hydroxylation sites is 1. The summed E-state index contributed by atoms with van der Waals surface area (Å²) in [5.41, 5.74) is 2.14. The lowest BCUT2D eigenvalue weighted by Crippen LogP contribution is -2.40. The Morgan fingerprint density at radius 2 is 1.86 bits per heavy atom. The zero-order valence-corrected chi connectivity index (χ0v) is 21.5. The van der Waals surface area contributed by atoms with E-state index in [0.29, 0.717) is 73.5 Å². The molecule has 11 heteroatoms. The van der Waals surface area contributed by atoms with E-state index in [1.54, 1.807) is 41.3 Å². The van der Waals surface area contributed by atoms with E-state index in [2.05, 4.69) is 25.9 Å². The number of aromatic nitrogens is 2. The van der Waals surface area contributed by atoms with Crippen molar-refractivity contribution in [2.45, 2.75) is 13.8 Å². The topological polar surface area (TPSA) is 118 Å². The summed E-state index contributed by atoms with van der Waals surface area (Å²) in [5, 5.41) is 9.35. The minimum atomic E-state index is -0.206. The average Bonchev–Trinajstić information content (AvgIpc) is 2.92. The summed E-state index contributed by atoms with van der Waals surface area (Å²) in [6.07, 6.45) is 1.46. The van der Waals surface area contributed by atoms with Crippen molar-refractivity contribution in [3.05, 3.63) is 64.8 Å². The van der Waals surface area contributed by atoms with Gasteiger partial charge >= 0.3 is 0 Å². The summed E-state index contributed by atoms with van der Waals surface area (Å²) < 4.78 is 11.1. The maximum atomic E-state index is 12.9. The van der Waals surface area contributed by atoms with Gasteiger partial charge in [0.05, 0.1) is 43.0 Å². The molecule has 37 heavy (non-hydrogen) atoms. The molecule has 2 heterocycles. The molecule has 1 fully saturated rings. The number of carbonyl (C=O) groups is 2. The van der Waals surface area contributed by atoms with Crippen LogP contribution < -0.4 is 20.7 Å². The SMILES string of the molecule is CCNC(=O)c1ccccc1Nc1nc(Nc2ccc(C(=O)N3CCOCC3)cc2OCC)ncc1Cl. The molecular formula is C26H29ClN6O4. The van der Waals surface area contributed by atoms with Crippen molar-refractivity contribution in [2.24, 2.45) is 0 Å². The van der Waals surface area contributed by atoms with E-state index in [1.807, 2.05) is 19.9 Å². The zero-order valence-electron chi connectivity index (χ0n) is 20.7. The first-order chi connectivity index (χ1) is 18.0. The van der Waals surface area contributed by atoms with Gasteiger partial charge in [-0.25, -0.2) is 4.98 Å². The summed E-state index contributed by atoms with van der Waals surface area (Å²) in [6, 6.07) is 12.3. The monoisotopic (exact) mass is 524 g/mol. The van der Waals surface area contributed by atoms with Crippen molar-refractivity contribution in [3.8, 4) is 5.75 Å². The van der Waals surface area contributed by atoms with E-state index in [1.165, 1.54) is 6.20 Å². The Morgan fingerprint density at radius 3 is 2.62 bits per heavy atom. The third-order valence-electron chi connectivity index (χ3n) is 5.58. The summed E-state index contributed by atoms with van der Waals surface area (Å²) in [6.45, 7) is 6.82. The molecule has 3 aromatic rings. The summed E-state index contributed by atoms with van der Waals surface area (Å²) in [4.78, 5) is 35.9. The number of nitrogens with one attached hydrogen (secondary N) is 3. The summed E-state index contributed by atoms with van der Waals surface area (Å²) in [7, 11) is 0. The lowest BCUT2D eigenvalue weighted by molar-refractivity contribution is 0.0302. The van der Waals surface area contributed by atoms with Crippen molar-refractivity contribution in [3.63, 3.8) is 0 Å². The normalized spacial score (nSPS) is 13.1. The Balaban J connectivity index is 1.57. The third-order valence-corrected chi connectivity index (χ3v) is 5.86. The van der Waals surface area contributed by atoms with Crippen molar-refractivity contribution in [1.29, 1.82) is 0 Å². The van der Waals surface area contributed by atoms with Crippen molar-refractivity contribution in [1.82, 2.24) is 20.2 Å². The van der Waals surface area contributed by atoms with Crippen LogP contribution in [0.15, 0.2) is 48.7 Å². The number of hydrogen-bond donors (Lipinski definition) is 3. The smallest absolute Gasteiger partial charge is 0.254 e. The van der Waals surface area contributed by atoms with Gasteiger partial charge in [-0.15, -0.1) is 0 Å². The van der Waals surface area contributed by atoms with Crippen LogP contribution in [-0.2, 0) is 4.74 Å². The second-order valence-electron chi connectivity index (χ2n) is 8.09. The zero-order chi connectivity index (χ0) is 26.2. The summed E-state index contributed by atoms with van der Waals surface area (Å²) in [5.74, 6) is 0.804. The van der Waals surface area contributed by atoms with Gasteiger partial charge in [-0.3, -0.25) is 9.59 Å². The highest BCUT2D eigenvalue weighted by Crippen LogP contribution is 2.31. The standard InChI is InChI=1S/C26H29ClN6O4/c1-3-28-24(34)18-7-5-6-8-20(18)30-23-19(27)16-29-26(32-23)31-21-10-9-17(15-22(21)37-4-2)25(35)33-11-13-36-14-12-33/h5-10,15-16H,3-4,11-14H2,1-2H3,(H,28,34)(H2,29,30,31,32). The third kappa shape index (κ3) is 6.46. The van der Waals surface area contributed by atoms with Crippen LogP contribution in [0, 0.1) is 0 Å². The van der Waals surface area contributed by atoms with Gasteiger partial charge in [-0.05, 0) is 44.2 Å². The van der Waals surface area contributed by atoms with Crippen LogP contribution in [0.25, 0.3) is 0 Å². The van der Waals surface area contributed by atoms with Crippen LogP contribution in [0.1, 0.15) is 34.6 Å². The maximum Gasteiger partial charge on any atom is 0.254 e. The molecule has 0 spiro atoms. The second kappa shape index (κ2) is 12.4. The molecule has 0 radical (unpaired) electrons. The van der Waals surface area contributed by atoms with Crippen molar-refractivity contribution >= 4 is 46.6 Å². The molecule has 4 rings (SSSR count). The predicted molar refractivity (Wildman–Crippen MR) is 142 cm³/mol. The molecule has 1 saturated heterocycles. The fraction of sp³-hybridized carbons (Fsp3) is 0.308. The second-order valence-corrected chi connectivity index (χ2v) is 8.50. The Bertz CT molecular complexity index is 1270. The number of morpholine rings is 1. The van der Waals surface area contributed by atoms with Crippen molar-refractivity contribution < 1.29 is 19.1 Å². The lowest BCUT2D eigenvalue weighted by atomic mass is 10.1. The largest absolute Gasteiger partial charge is 0.492 e. The number of halogens is 1. The summed E-state index contributed by atoms with van der Waals surface area (Å²) >= 11 is 6.36. The number of anilines is 4. The van der Waals surface area contributed by atoms with E-state index >= 15 is 0 Å². The number of carbonyl (C=O) groups excluding carboxylic acids is 2. The molecule has 2 aromatic carbocycles. The minimum absolute atomic E-state index is 0.0733. The van der Waals surface area contributed by atoms with Gasteiger partial charge in [-0.2, -0.15) is 4.98 Å². The van der Waals surface area contributed by atoms with E-state index in [4.69, 9.17) is 21.1 Å². The van der Waals surface area contributed by atoms with Crippen LogP contribution in [0.2, 0.25) is 5.02 Å². The van der Waals surface area contributed by atoms with Crippen molar-refractivity contribution in [2.75, 3.05) is 50.1 Å². The number of benzene rings is 2. The fourth-order valence-corrected chi connectivity index (χ4v) is 3.93. The van der Waals surface area contributed by atoms with Crippen LogP contribution >= 0.6 is 11.6 Å². The molecule has 0 bridgehead atoms. The van der Waals surface area contributed by atoms with Crippen LogP contribution in [-0.4, -0.2) is 66.1 Å². The first-order valence-electron chi connectivity index (χ1n) is 12.1. The van der Waals surface area contributed by atoms with E-state index in [9.17, 15) is 9.59 Å². The highest BCUT2D eigenvalue weighted by atomic mass is 35.5. The molecule has 0 unspecified atom stereocenters. The minimum Gasteiger partial charge on any atom is -0.492 e. The molecule has 1 aliphatic rings. The average molecular weight is 525 g/mol. The van der Waals surface area contributed by atoms with E-state index in [0.717, 1.165) is 0 Å². The molecule has 3 N–H and O–H groups in total. The number of rotatable bonds is 9.